The summed E-state index contributed by atoms with van der Waals surface area (Å²) in [6.45, 7) is 1.30. The molecule has 0 spiro atoms. The number of hydrogen-bond donors (Lipinski definition) is 2. The zero-order valence-electron chi connectivity index (χ0n) is 9.78. The van der Waals surface area contributed by atoms with Gasteiger partial charge < -0.3 is 10.4 Å². The molecule has 2 aromatic rings. The number of piperidine rings is 1. The van der Waals surface area contributed by atoms with E-state index in [0.717, 1.165) is 24.3 Å². The van der Waals surface area contributed by atoms with E-state index in [9.17, 15) is 9.90 Å². The van der Waals surface area contributed by atoms with E-state index in [-0.39, 0.29) is 5.92 Å². The number of rotatable bonds is 2. The minimum absolute atomic E-state index is 0.0904. The van der Waals surface area contributed by atoms with Crippen molar-refractivity contribution in [1.82, 2.24) is 19.9 Å². The summed E-state index contributed by atoms with van der Waals surface area (Å²) < 4.78 is 1.74. The fourth-order valence-corrected chi connectivity index (χ4v) is 2.56. The maximum Gasteiger partial charge on any atom is 0.308 e. The Morgan fingerprint density at radius 1 is 1.44 bits per heavy atom. The maximum atomic E-state index is 11.3. The van der Waals surface area contributed by atoms with Gasteiger partial charge in [-0.1, -0.05) is 0 Å². The third-order valence-corrected chi connectivity index (χ3v) is 3.47. The second-order valence-electron chi connectivity index (χ2n) is 4.51. The van der Waals surface area contributed by atoms with E-state index in [0.29, 0.717) is 6.54 Å². The van der Waals surface area contributed by atoms with Crippen LogP contribution in [0.1, 0.15) is 18.2 Å². The SMILES string of the molecule is O=C(O)C1CNCCC1c1nccc2ccnn12. The van der Waals surface area contributed by atoms with Crippen LogP contribution in [0.3, 0.4) is 0 Å². The number of carbonyl (C=O) groups is 1. The molecule has 1 saturated heterocycles. The zero-order valence-corrected chi connectivity index (χ0v) is 9.78. The number of nitrogens with zero attached hydrogens (tertiary/aromatic N) is 3. The van der Waals surface area contributed by atoms with Gasteiger partial charge in [-0.15, -0.1) is 0 Å². The van der Waals surface area contributed by atoms with Crippen LogP contribution in [0, 0.1) is 5.92 Å². The molecule has 3 rings (SSSR count). The maximum absolute atomic E-state index is 11.3. The average Bonchev–Trinajstić information content (AvgIpc) is 2.86. The molecule has 0 bridgehead atoms. The lowest BCUT2D eigenvalue weighted by atomic mass is 9.85. The molecule has 2 aromatic heterocycles. The van der Waals surface area contributed by atoms with Gasteiger partial charge in [0.1, 0.15) is 5.82 Å². The van der Waals surface area contributed by atoms with E-state index in [4.69, 9.17) is 0 Å². The number of hydrogen-bond acceptors (Lipinski definition) is 4. The zero-order chi connectivity index (χ0) is 12.5. The van der Waals surface area contributed by atoms with Crippen LogP contribution in [-0.4, -0.2) is 38.8 Å². The van der Waals surface area contributed by atoms with Crippen LogP contribution < -0.4 is 5.32 Å². The molecule has 6 nitrogen and oxygen atoms in total. The van der Waals surface area contributed by atoms with Crippen molar-refractivity contribution in [3.05, 3.63) is 30.4 Å². The molecular formula is C12H14N4O2. The average molecular weight is 246 g/mol. The van der Waals surface area contributed by atoms with Crippen molar-refractivity contribution in [3.8, 4) is 0 Å². The minimum atomic E-state index is -0.779. The van der Waals surface area contributed by atoms with Crippen LogP contribution in [-0.2, 0) is 4.79 Å². The summed E-state index contributed by atoms with van der Waals surface area (Å²) in [7, 11) is 0. The molecule has 94 valence electrons. The second-order valence-corrected chi connectivity index (χ2v) is 4.51. The van der Waals surface area contributed by atoms with Gasteiger partial charge in [0.05, 0.1) is 17.6 Å². The largest absolute Gasteiger partial charge is 0.481 e. The highest BCUT2D eigenvalue weighted by molar-refractivity contribution is 5.71. The molecule has 0 aliphatic carbocycles. The van der Waals surface area contributed by atoms with Crippen molar-refractivity contribution < 1.29 is 9.90 Å². The van der Waals surface area contributed by atoms with E-state index in [2.05, 4.69) is 15.4 Å². The molecule has 6 heteroatoms. The normalized spacial score (nSPS) is 24.2. The van der Waals surface area contributed by atoms with Gasteiger partial charge in [-0.2, -0.15) is 5.10 Å². The van der Waals surface area contributed by atoms with Gasteiger partial charge in [-0.25, -0.2) is 9.50 Å². The Hall–Kier alpha value is -1.95. The standard InChI is InChI=1S/C12H14N4O2/c17-12(18)10-7-13-4-3-9(10)11-14-5-1-8-2-6-15-16(8)11/h1-2,5-6,9-10,13H,3-4,7H2,(H,17,18). The number of nitrogens with one attached hydrogen (secondary N) is 1. The number of carboxylic acid groups (broad SMARTS) is 1. The third kappa shape index (κ3) is 1.74. The molecule has 2 unspecified atom stereocenters. The van der Waals surface area contributed by atoms with Crippen molar-refractivity contribution in [2.45, 2.75) is 12.3 Å². The van der Waals surface area contributed by atoms with E-state index >= 15 is 0 Å². The number of carboxylic acids is 1. The predicted octanol–water partition coefficient (Wildman–Crippen LogP) is 0.507. The predicted molar refractivity (Wildman–Crippen MR) is 64.3 cm³/mol. The van der Waals surface area contributed by atoms with Crippen LogP contribution in [0.25, 0.3) is 5.52 Å². The summed E-state index contributed by atoms with van der Waals surface area (Å²) in [4.78, 5) is 15.7. The van der Waals surface area contributed by atoms with Crippen LogP contribution >= 0.6 is 0 Å². The van der Waals surface area contributed by atoms with Gasteiger partial charge in [-0.3, -0.25) is 4.79 Å². The van der Waals surface area contributed by atoms with Crippen molar-refractivity contribution in [2.24, 2.45) is 5.92 Å². The Bertz CT molecular complexity index is 580. The Morgan fingerprint density at radius 2 is 2.28 bits per heavy atom. The number of aliphatic carboxylic acids is 1. The highest BCUT2D eigenvalue weighted by Gasteiger charge is 2.34. The molecule has 0 saturated carbocycles. The quantitative estimate of drug-likeness (QED) is 0.807. The van der Waals surface area contributed by atoms with Gasteiger partial charge in [-0.05, 0) is 25.1 Å². The molecule has 0 amide bonds. The molecule has 1 fully saturated rings. The first kappa shape index (κ1) is 11.2. The van der Waals surface area contributed by atoms with Crippen LogP contribution in [0.2, 0.25) is 0 Å². The molecule has 0 radical (unpaired) electrons. The summed E-state index contributed by atoms with van der Waals surface area (Å²) >= 11 is 0. The molecule has 1 aliphatic heterocycles. The molecule has 2 N–H and O–H groups in total. The molecule has 0 aromatic carbocycles. The Kier molecular flexibility index (Phi) is 2.71. The first-order valence-electron chi connectivity index (χ1n) is 5.99. The van der Waals surface area contributed by atoms with Crippen LogP contribution in [0.15, 0.2) is 24.5 Å². The smallest absolute Gasteiger partial charge is 0.308 e. The molecule has 2 atom stereocenters. The van der Waals surface area contributed by atoms with E-state index in [1.54, 1.807) is 16.9 Å². The van der Waals surface area contributed by atoms with Gasteiger partial charge in [0.15, 0.2) is 0 Å². The minimum Gasteiger partial charge on any atom is -0.481 e. The van der Waals surface area contributed by atoms with Gasteiger partial charge in [0.25, 0.3) is 0 Å². The lowest BCUT2D eigenvalue weighted by Crippen LogP contribution is -2.40. The van der Waals surface area contributed by atoms with Crippen LogP contribution in [0.5, 0.6) is 0 Å². The van der Waals surface area contributed by atoms with Crippen molar-refractivity contribution in [2.75, 3.05) is 13.1 Å². The molecule has 3 heterocycles. The van der Waals surface area contributed by atoms with Gasteiger partial charge in [0.2, 0.25) is 0 Å². The molecular weight excluding hydrogens is 232 g/mol. The Balaban J connectivity index is 2.06. The first-order valence-corrected chi connectivity index (χ1v) is 5.99. The van der Waals surface area contributed by atoms with Crippen molar-refractivity contribution >= 4 is 11.5 Å². The molecule has 18 heavy (non-hydrogen) atoms. The van der Waals surface area contributed by atoms with E-state index in [1.165, 1.54) is 0 Å². The highest BCUT2D eigenvalue weighted by Crippen LogP contribution is 2.29. The lowest BCUT2D eigenvalue weighted by Gasteiger charge is -2.28. The highest BCUT2D eigenvalue weighted by atomic mass is 16.4. The first-order chi connectivity index (χ1) is 8.77. The summed E-state index contributed by atoms with van der Waals surface area (Å²) in [5, 5.41) is 16.6. The Morgan fingerprint density at radius 3 is 3.11 bits per heavy atom. The summed E-state index contributed by atoms with van der Waals surface area (Å²) in [5.41, 5.74) is 0.947. The van der Waals surface area contributed by atoms with Crippen molar-refractivity contribution in [1.29, 1.82) is 0 Å². The summed E-state index contributed by atoms with van der Waals surface area (Å²) in [6.07, 6.45) is 4.19. The number of fused-ring (bicyclic) bond motifs is 1. The topological polar surface area (TPSA) is 79.5 Å². The van der Waals surface area contributed by atoms with E-state index in [1.807, 2.05) is 12.1 Å². The summed E-state index contributed by atoms with van der Waals surface area (Å²) in [6, 6.07) is 3.76. The Labute approximate surface area is 104 Å². The van der Waals surface area contributed by atoms with Gasteiger partial charge >= 0.3 is 5.97 Å². The number of aromatic nitrogens is 3. The van der Waals surface area contributed by atoms with Gasteiger partial charge in [0, 0.05) is 18.7 Å². The fraction of sp³-hybridized carbons (Fsp3) is 0.417. The monoisotopic (exact) mass is 246 g/mol. The van der Waals surface area contributed by atoms with Crippen LogP contribution in [0.4, 0.5) is 0 Å². The second kappa shape index (κ2) is 4.38. The van der Waals surface area contributed by atoms with E-state index < -0.39 is 11.9 Å². The lowest BCUT2D eigenvalue weighted by molar-refractivity contribution is -0.143. The third-order valence-electron chi connectivity index (χ3n) is 3.47. The summed E-state index contributed by atoms with van der Waals surface area (Å²) in [5.74, 6) is -0.571. The van der Waals surface area contributed by atoms with Crippen molar-refractivity contribution in [3.63, 3.8) is 0 Å². The fourth-order valence-electron chi connectivity index (χ4n) is 2.56. The molecule has 1 aliphatic rings.